The second kappa shape index (κ2) is 8.25. The molecule has 2 heterocycles. The number of nitrogens with zero attached hydrogens (tertiary/aromatic N) is 2. The van der Waals surface area contributed by atoms with Crippen LogP contribution in [-0.2, 0) is 14.8 Å². The lowest BCUT2D eigenvalue weighted by molar-refractivity contribution is -0.917. The second-order valence-corrected chi connectivity index (χ2v) is 9.70. The van der Waals surface area contributed by atoms with Gasteiger partial charge in [0.15, 0.2) is 11.9 Å². The van der Waals surface area contributed by atoms with Crippen LogP contribution in [0.5, 0.6) is 0 Å². The first kappa shape index (κ1) is 21.5. The number of carbonyl (C=O) groups excluding carboxylic acids is 1. The summed E-state index contributed by atoms with van der Waals surface area (Å²) in [7, 11) is -3.56. The number of hydrogen-bond acceptors (Lipinski definition) is 5. The van der Waals surface area contributed by atoms with Crippen molar-refractivity contribution in [3.8, 4) is 0 Å². The molecule has 0 aliphatic carbocycles. The molecule has 3 rings (SSSR count). The summed E-state index contributed by atoms with van der Waals surface area (Å²) >= 11 is 0. The third kappa shape index (κ3) is 4.52. The normalized spacial score (nSPS) is 17.3. The molecular weight excluding hydrogens is 392 g/mol. The number of nitrogens with one attached hydrogen (secondary N) is 2. The highest BCUT2D eigenvalue weighted by Crippen LogP contribution is 2.25. The van der Waals surface area contributed by atoms with Crippen LogP contribution in [0.15, 0.2) is 27.6 Å². The van der Waals surface area contributed by atoms with E-state index in [4.69, 9.17) is 4.52 Å². The smallest absolute Gasteiger partial charge is 0.283 e. The lowest BCUT2D eigenvalue weighted by Crippen LogP contribution is -3.19. The Morgan fingerprint density at radius 1 is 1.14 bits per heavy atom. The molecule has 1 aromatic heterocycles. The molecule has 8 nitrogen and oxygen atoms in total. The predicted molar refractivity (Wildman–Crippen MR) is 109 cm³/mol. The Bertz CT molecular complexity index is 984. The SMILES string of the molecule is Cc1cc(C)c(S(=O)(=O)N2CC[NH+]([C@@H](C)C(=O)Nc3cc(C)on3)CC2)c(C)c1. The number of aryl methyl sites for hydroxylation is 4. The molecule has 9 heteroatoms. The molecule has 1 amide bonds. The number of rotatable bonds is 5. The third-order valence-electron chi connectivity index (χ3n) is 5.45. The highest BCUT2D eigenvalue weighted by molar-refractivity contribution is 7.89. The quantitative estimate of drug-likeness (QED) is 0.745. The zero-order chi connectivity index (χ0) is 21.3. The average molecular weight is 422 g/mol. The minimum absolute atomic E-state index is 0.158. The molecule has 1 aliphatic rings. The van der Waals surface area contributed by atoms with Gasteiger partial charge in [0, 0.05) is 6.07 Å². The number of quaternary nitrogens is 1. The number of piperazine rings is 1. The number of benzene rings is 1. The van der Waals surface area contributed by atoms with Crippen molar-refractivity contribution >= 4 is 21.7 Å². The van der Waals surface area contributed by atoms with Crippen LogP contribution >= 0.6 is 0 Å². The van der Waals surface area contributed by atoms with E-state index in [1.54, 1.807) is 13.0 Å². The van der Waals surface area contributed by atoms with Crippen molar-refractivity contribution in [2.24, 2.45) is 0 Å². The van der Waals surface area contributed by atoms with Gasteiger partial charge in [-0.1, -0.05) is 22.9 Å². The molecular formula is C20H29N4O4S+. The Morgan fingerprint density at radius 2 is 1.72 bits per heavy atom. The van der Waals surface area contributed by atoms with Gasteiger partial charge < -0.3 is 14.7 Å². The Morgan fingerprint density at radius 3 is 2.24 bits per heavy atom. The molecule has 1 atom stereocenters. The van der Waals surface area contributed by atoms with E-state index in [9.17, 15) is 13.2 Å². The molecule has 0 radical (unpaired) electrons. The van der Waals surface area contributed by atoms with E-state index in [0.29, 0.717) is 42.7 Å². The highest BCUT2D eigenvalue weighted by Gasteiger charge is 2.35. The van der Waals surface area contributed by atoms with Gasteiger partial charge in [0.1, 0.15) is 5.76 Å². The van der Waals surface area contributed by atoms with Gasteiger partial charge in [-0.3, -0.25) is 4.79 Å². The van der Waals surface area contributed by atoms with E-state index in [1.807, 2.05) is 39.8 Å². The van der Waals surface area contributed by atoms with Crippen molar-refractivity contribution in [1.29, 1.82) is 0 Å². The lowest BCUT2D eigenvalue weighted by Gasteiger charge is -2.34. The van der Waals surface area contributed by atoms with Crippen LogP contribution in [0, 0.1) is 27.7 Å². The third-order valence-corrected chi connectivity index (χ3v) is 7.66. The van der Waals surface area contributed by atoms with Crippen molar-refractivity contribution < 1.29 is 22.6 Å². The van der Waals surface area contributed by atoms with Gasteiger partial charge in [-0.15, -0.1) is 0 Å². The fourth-order valence-corrected chi connectivity index (χ4v) is 5.85. The summed E-state index contributed by atoms with van der Waals surface area (Å²) < 4.78 is 32.9. The molecule has 2 aromatic rings. The standard InChI is InChI=1S/C20H28N4O4S/c1-13-10-14(2)19(15(3)11-13)29(26,27)24-8-6-23(7-9-24)17(5)20(25)21-18-12-16(4)28-22-18/h10-12,17H,6-9H2,1-5H3,(H,21,22,25)/p+1/t17-/m0/s1. The summed E-state index contributed by atoms with van der Waals surface area (Å²) in [5.41, 5.74) is 2.59. The number of hydrogen-bond donors (Lipinski definition) is 2. The van der Waals surface area contributed by atoms with E-state index in [-0.39, 0.29) is 11.9 Å². The number of carbonyl (C=O) groups is 1. The highest BCUT2D eigenvalue weighted by atomic mass is 32.2. The Labute approximate surface area is 171 Å². The van der Waals surface area contributed by atoms with Crippen molar-refractivity contribution in [1.82, 2.24) is 9.46 Å². The van der Waals surface area contributed by atoms with E-state index >= 15 is 0 Å². The zero-order valence-corrected chi connectivity index (χ0v) is 18.4. The maximum Gasteiger partial charge on any atom is 0.283 e. The van der Waals surface area contributed by atoms with E-state index in [0.717, 1.165) is 21.6 Å². The fourth-order valence-electron chi connectivity index (χ4n) is 3.99. The van der Waals surface area contributed by atoms with Crippen LogP contribution in [0.2, 0.25) is 0 Å². The van der Waals surface area contributed by atoms with E-state index in [1.165, 1.54) is 4.31 Å². The van der Waals surface area contributed by atoms with Crippen molar-refractivity contribution in [3.05, 3.63) is 40.6 Å². The maximum atomic E-state index is 13.2. The van der Waals surface area contributed by atoms with Crippen LogP contribution in [0.3, 0.4) is 0 Å². The minimum atomic E-state index is -3.56. The Kier molecular flexibility index (Phi) is 6.11. The van der Waals surface area contributed by atoms with Gasteiger partial charge in [-0.05, 0) is 45.7 Å². The molecule has 1 saturated heterocycles. The Hall–Kier alpha value is -2.23. The zero-order valence-electron chi connectivity index (χ0n) is 17.6. The summed E-state index contributed by atoms with van der Waals surface area (Å²) in [5, 5.41) is 6.53. The van der Waals surface area contributed by atoms with E-state index in [2.05, 4.69) is 10.5 Å². The second-order valence-electron chi connectivity index (χ2n) is 7.82. The lowest BCUT2D eigenvalue weighted by atomic mass is 10.1. The van der Waals surface area contributed by atoms with Crippen molar-refractivity contribution in [3.63, 3.8) is 0 Å². The molecule has 158 valence electrons. The molecule has 29 heavy (non-hydrogen) atoms. The van der Waals surface area contributed by atoms with Gasteiger partial charge >= 0.3 is 0 Å². The van der Waals surface area contributed by atoms with Crippen LogP contribution in [0.4, 0.5) is 5.82 Å². The fraction of sp³-hybridized carbons (Fsp3) is 0.500. The van der Waals surface area contributed by atoms with Crippen LogP contribution in [0.1, 0.15) is 29.4 Å². The Balaban J connectivity index is 1.66. The van der Waals surface area contributed by atoms with Gasteiger partial charge in [0.2, 0.25) is 10.0 Å². The first-order chi connectivity index (χ1) is 13.6. The van der Waals surface area contributed by atoms with Gasteiger partial charge in [-0.2, -0.15) is 4.31 Å². The summed E-state index contributed by atoms with van der Waals surface area (Å²) in [6, 6.07) is 5.15. The summed E-state index contributed by atoms with van der Waals surface area (Å²) in [6.07, 6.45) is 0. The minimum Gasteiger partial charge on any atom is -0.360 e. The molecule has 0 unspecified atom stereocenters. The summed E-state index contributed by atoms with van der Waals surface area (Å²) in [4.78, 5) is 13.9. The number of aromatic nitrogens is 1. The van der Waals surface area contributed by atoms with Crippen molar-refractivity contribution in [2.45, 2.75) is 45.6 Å². The van der Waals surface area contributed by atoms with Crippen molar-refractivity contribution in [2.75, 3.05) is 31.5 Å². The van der Waals surface area contributed by atoms with Gasteiger partial charge in [0.25, 0.3) is 5.91 Å². The maximum absolute atomic E-state index is 13.2. The molecule has 0 bridgehead atoms. The number of sulfonamides is 1. The first-order valence-electron chi connectivity index (χ1n) is 9.76. The first-order valence-corrected chi connectivity index (χ1v) is 11.2. The molecule has 2 N–H and O–H groups in total. The largest absolute Gasteiger partial charge is 0.360 e. The molecule has 1 aromatic carbocycles. The molecule has 0 spiro atoms. The number of amides is 1. The molecule has 0 saturated carbocycles. The van der Waals surface area contributed by atoms with Gasteiger partial charge in [-0.25, -0.2) is 8.42 Å². The number of anilines is 1. The van der Waals surface area contributed by atoms with Crippen LogP contribution < -0.4 is 10.2 Å². The van der Waals surface area contributed by atoms with E-state index < -0.39 is 10.0 Å². The summed E-state index contributed by atoms with van der Waals surface area (Å²) in [5.74, 6) is 0.862. The molecule has 1 aliphatic heterocycles. The average Bonchev–Trinajstić information content (AvgIpc) is 3.04. The van der Waals surface area contributed by atoms with Crippen LogP contribution in [0.25, 0.3) is 0 Å². The summed E-state index contributed by atoms with van der Waals surface area (Å²) in [6.45, 7) is 11.1. The topological polar surface area (TPSA) is 97.0 Å². The predicted octanol–water partition coefficient (Wildman–Crippen LogP) is 0.825. The monoisotopic (exact) mass is 421 g/mol. The molecule has 1 fully saturated rings. The van der Waals surface area contributed by atoms with Gasteiger partial charge in [0.05, 0.1) is 31.1 Å². The van der Waals surface area contributed by atoms with Crippen LogP contribution in [-0.4, -0.2) is 56.0 Å².